The van der Waals surface area contributed by atoms with Gasteiger partial charge in [-0.05, 0) is 37.6 Å². The van der Waals surface area contributed by atoms with Crippen molar-refractivity contribution in [3.05, 3.63) is 41.3 Å². The van der Waals surface area contributed by atoms with Gasteiger partial charge in [0.1, 0.15) is 0 Å². The van der Waals surface area contributed by atoms with Crippen molar-refractivity contribution in [1.29, 1.82) is 0 Å². The van der Waals surface area contributed by atoms with Crippen molar-refractivity contribution in [2.75, 3.05) is 0 Å². The fourth-order valence-corrected chi connectivity index (χ4v) is 1.47. The number of nitrogens with zero attached hydrogens (tertiary/aromatic N) is 1. The maximum absolute atomic E-state index is 12.9. The van der Waals surface area contributed by atoms with Gasteiger partial charge in [0.25, 0.3) is 0 Å². The molecule has 1 heterocycles. The van der Waals surface area contributed by atoms with Gasteiger partial charge >= 0.3 is 0 Å². The van der Waals surface area contributed by atoms with Gasteiger partial charge in [-0.1, -0.05) is 39.3 Å². The molecule has 2 aromatic rings. The first-order valence-corrected chi connectivity index (χ1v) is 6.20. The van der Waals surface area contributed by atoms with Crippen molar-refractivity contribution in [3.63, 3.8) is 0 Å². The summed E-state index contributed by atoms with van der Waals surface area (Å²) in [5, 5.41) is 1.03. The summed E-state index contributed by atoms with van der Waals surface area (Å²) in [7, 11) is 0. The zero-order valence-corrected chi connectivity index (χ0v) is 11.6. The van der Waals surface area contributed by atoms with Crippen LogP contribution in [0.25, 0.3) is 10.9 Å². The Kier molecular flexibility index (Phi) is 7.11. The molecular formula is C15H22FN. The minimum atomic E-state index is -0.408. The molecule has 0 radical (unpaired) electrons. The highest BCUT2D eigenvalue weighted by Crippen LogP contribution is 2.18. The van der Waals surface area contributed by atoms with Crippen molar-refractivity contribution >= 4 is 10.9 Å². The lowest BCUT2D eigenvalue weighted by Gasteiger charge is -2.02. The number of aryl methyl sites for hydroxylation is 2. The van der Waals surface area contributed by atoms with Crippen LogP contribution in [0.1, 0.15) is 38.8 Å². The van der Waals surface area contributed by atoms with E-state index in [1.807, 2.05) is 59.7 Å². The summed E-state index contributed by atoms with van der Waals surface area (Å²) < 4.78 is 12.9. The molecule has 1 nitrogen and oxygen atoms in total. The van der Waals surface area contributed by atoms with Gasteiger partial charge in [0.05, 0.1) is 5.52 Å². The number of aromatic nitrogens is 1. The summed E-state index contributed by atoms with van der Waals surface area (Å²) in [5.41, 5.74) is 2.83. The van der Waals surface area contributed by atoms with E-state index in [9.17, 15) is 4.39 Å². The predicted octanol–water partition coefficient (Wildman–Crippen LogP) is 5.04. The van der Waals surface area contributed by atoms with Crippen LogP contribution in [0.15, 0.2) is 24.3 Å². The molecule has 0 fully saturated rings. The van der Waals surface area contributed by atoms with Crippen molar-refractivity contribution in [3.8, 4) is 0 Å². The van der Waals surface area contributed by atoms with E-state index in [0.29, 0.717) is 0 Å². The third-order valence-electron chi connectivity index (χ3n) is 2.14. The Hall–Kier alpha value is -1.44. The van der Waals surface area contributed by atoms with Gasteiger partial charge in [-0.3, -0.25) is 0 Å². The predicted molar refractivity (Wildman–Crippen MR) is 73.9 cm³/mol. The van der Waals surface area contributed by atoms with E-state index in [2.05, 4.69) is 4.98 Å². The molecule has 0 bridgehead atoms. The summed E-state index contributed by atoms with van der Waals surface area (Å²) in [5.74, 6) is -0.408. The number of halogens is 1. The van der Waals surface area contributed by atoms with Crippen LogP contribution < -0.4 is 0 Å². The van der Waals surface area contributed by atoms with E-state index in [1.54, 1.807) is 0 Å². The van der Waals surface area contributed by atoms with Crippen LogP contribution in [-0.4, -0.2) is 4.98 Å². The molecule has 0 saturated carbocycles. The monoisotopic (exact) mass is 235 g/mol. The number of fused-ring (bicyclic) bond motifs is 1. The van der Waals surface area contributed by atoms with Gasteiger partial charge in [-0.25, -0.2) is 4.98 Å². The van der Waals surface area contributed by atoms with E-state index in [-0.39, 0.29) is 0 Å². The average molecular weight is 235 g/mol. The topological polar surface area (TPSA) is 12.9 Å². The molecule has 94 valence electrons. The number of hydrogen-bond acceptors (Lipinski definition) is 1. The molecule has 0 amide bonds. The van der Waals surface area contributed by atoms with Crippen LogP contribution in [0.4, 0.5) is 4.39 Å². The van der Waals surface area contributed by atoms with Gasteiger partial charge < -0.3 is 0 Å². The maximum Gasteiger partial charge on any atom is 0.213 e. The quantitative estimate of drug-likeness (QED) is 0.583. The summed E-state index contributed by atoms with van der Waals surface area (Å²) >= 11 is 0. The zero-order chi connectivity index (χ0) is 13.4. The first-order chi connectivity index (χ1) is 8.16. The molecular weight excluding hydrogens is 213 g/mol. The third kappa shape index (κ3) is 4.14. The minimum Gasteiger partial charge on any atom is -0.220 e. The fraction of sp³-hybridized carbons (Fsp3) is 0.400. The molecule has 0 aliphatic carbocycles. The van der Waals surface area contributed by atoms with Gasteiger partial charge in [-0.15, -0.1) is 0 Å². The Balaban J connectivity index is 0.000000581. The molecule has 0 saturated heterocycles. The van der Waals surface area contributed by atoms with E-state index in [4.69, 9.17) is 0 Å². The Labute approximate surface area is 104 Å². The SMILES string of the molecule is CC.CC.Cc1ccc2nc(F)cc(C)c2c1. The van der Waals surface area contributed by atoms with Crippen LogP contribution >= 0.6 is 0 Å². The van der Waals surface area contributed by atoms with Crippen LogP contribution in [0.5, 0.6) is 0 Å². The minimum absolute atomic E-state index is 0.408. The van der Waals surface area contributed by atoms with Crippen molar-refractivity contribution < 1.29 is 4.39 Å². The number of pyridine rings is 1. The zero-order valence-electron chi connectivity index (χ0n) is 11.6. The second-order valence-corrected chi connectivity index (χ2v) is 3.28. The highest BCUT2D eigenvalue weighted by atomic mass is 19.1. The van der Waals surface area contributed by atoms with Crippen molar-refractivity contribution in [2.45, 2.75) is 41.5 Å². The van der Waals surface area contributed by atoms with E-state index >= 15 is 0 Å². The molecule has 2 rings (SSSR count). The Morgan fingerprint density at radius 2 is 1.53 bits per heavy atom. The summed E-state index contributed by atoms with van der Waals surface area (Å²) in [6.45, 7) is 11.9. The standard InChI is InChI=1S/C11H10FN.2C2H6/c1-7-3-4-10-9(5-7)8(2)6-11(12)13-10;2*1-2/h3-6H,1-2H3;2*1-2H3. The number of rotatable bonds is 0. The first-order valence-electron chi connectivity index (χ1n) is 6.20. The number of hydrogen-bond donors (Lipinski definition) is 0. The molecule has 0 unspecified atom stereocenters. The molecule has 0 N–H and O–H groups in total. The second-order valence-electron chi connectivity index (χ2n) is 3.28. The van der Waals surface area contributed by atoms with E-state index in [0.717, 1.165) is 16.5 Å². The van der Waals surface area contributed by atoms with Crippen molar-refractivity contribution in [2.24, 2.45) is 0 Å². The maximum atomic E-state index is 12.9. The van der Waals surface area contributed by atoms with E-state index < -0.39 is 5.95 Å². The van der Waals surface area contributed by atoms with Crippen molar-refractivity contribution in [1.82, 2.24) is 4.98 Å². The molecule has 0 spiro atoms. The summed E-state index contributed by atoms with van der Waals surface area (Å²) in [6.07, 6.45) is 0. The van der Waals surface area contributed by atoms with Gasteiger partial charge in [-0.2, -0.15) is 4.39 Å². The Morgan fingerprint density at radius 3 is 2.12 bits per heavy atom. The fourth-order valence-electron chi connectivity index (χ4n) is 1.47. The van der Waals surface area contributed by atoms with Crippen LogP contribution in [0, 0.1) is 19.8 Å². The first kappa shape index (κ1) is 15.6. The van der Waals surface area contributed by atoms with Gasteiger partial charge in [0.2, 0.25) is 5.95 Å². The Bertz CT molecular complexity index is 464. The molecule has 17 heavy (non-hydrogen) atoms. The molecule has 2 heteroatoms. The smallest absolute Gasteiger partial charge is 0.213 e. The lowest BCUT2D eigenvalue weighted by molar-refractivity contribution is 0.588. The number of benzene rings is 1. The van der Waals surface area contributed by atoms with Crippen LogP contribution in [0.2, 0.25) is 0 Å². The highest BCUT2D eigenvalue weighted by molar-refractivity contribution is 5.82. The summed E-state index contributed by atoms with van der Waals surface area (Å²) in [6, 6.07) is 7.27. The Morgan fingerprint density at radius 1 is 0.941 bits per heavy atom. The lowest BCUT2D eigenvalue weighted by Crippen LogP contribution is -1.88. The van der Waals surface area contributed by atoms with Gasteiger partial charge in [0, 0.05) is 5.39 Å². The highest BCUT2D eigenvalue weighted by Gasteiger charge is 2.01. The molecule has 1 aromatic heterocycles. The second kappa shape index (κ2) is 7.77. The molecule has 1 aromatic carbocycles. The van der Waals surface area contributed by atoms with Crippen LogP contribution in [-0.2, 0) is 0 Å². The average Bonchev–Trinajstić information content (AvgIpc) is 2.35. The molecule has 0 aliphatic rings. The largest absolute Gasteiger partial charge is 0.220 e. The lowest BCUT2D eigenvalue weighted by atomic mass is 10.1. The van der Waals surface area contributed by atoms with Crippen LogP contribution in [0.3, 0.4) is 0 Å². The third-order valence-corrected chi connectivity index (χ3v) is 2.14. The molecule has 0 atom stereocenters. The summed E-state index contributed by atoms with van der Waals surface area (Å²) in [4.78, 5) is 3.81. The van der Waals surface area contributed by atoms with Gasteiger partial charge in [0.15, 0.2) is 0 Å². The van der Waals surface area contributed by atoms with E-state index in [1.165, 1.54) is 11.6 Å². The molecule has 0 aliphatic heterocycles. The normalized spacial score (nSPS) is 8.88.